The summed E-state index contributed by atoms with van der Waals surface area (Å²) in [5.74, 6) is 0. The average Bonchev–Trinajstić information content (AvgIpc) is 3.42. The van der Waals surface area contributed by atoms with Crippen LogP contribution < -0.4 is 0 Å². The van der Waals surface area contributed by atoms with Gasteiger partial charge in [0, 0.05) is 14.7 Å². The molecule has 20 heteroatoms. The SMILES string of the molecule is [N-]=[N+]=N[C@H]1[C@@H](O[C@H]2[C@H](O)[C@@H](O[C@H]3OC[C@@H](OCc4ccccc4)[C@H](OCc4ccccc4)[C@H]3OCc3ccccc3)[C@H](N=[N+]=[N-])C[C@@H]2N=[N+]=[N-])O[C@H](CO)[C@@H](OCc2ccccc2)[C@@H]1OCc1ccccc1. The summed E-state index contributed by atoms with van der Waals surface area (Å²) in [5, 5.41) is 35.5. The van der Waals surface area contributed by atoms with Crippen molar-refractivity contribution in [1.29, 1.82) is 0 Å². The second-order valence-corrected chi connectivity index (χ2v) is 17.5. The van der Waals surface area contributed by atoms with Crippen molar-refractivity contribution in [3.8, 4) is 0 Å². The maximum atomic E-state index is 12.5. The van der Waals surface area contributed by atoms with Gasteiger partial charge in [0.2, 0.25) is 0 Å². The lowest BCUT2D eigenvalue weighted by Crippen LogP contribution is -2.64. The fraction of sp³-hybridized carbons (Fsp3) is 0.423. The van der Waals surface area contributed by atoms with E-state index in [0.29, 0.717) is 0 Å². The van der Waals surface area contributed by atoms with Crippen LogP contribution in [-0.4, -0.2) is 109 Å². The minimum atomic E-state index is -1.72. The van der Waals surface area contributed by atoms with Crippen LogP contribution >= 0.6 is 0 Å². The van der Waals surface area contributed by atoms with Crippen LogP contribution in [0.25, 0.3) is 31.3 Å². The Labute approximate surface area is 416 Å². The molecular weight excluding hydrogens is 927 g/mol. The topological polar surface area (TPSA) is 270 Å². The van der Waals surface area contributed by atoms with Gasteiger partial charge in [0.15, 0.2) is 12.6 Å². The molecule has 0 aromatic heterocycles. The van der Waals surface area contributed by atoms with Crippen LogP contribution in [0.5, 0.6) is 0 Å². The zero-order valence-electron chi connectivity index (χ0n) is 39.3. The van der Waals surface area contributed by atoms with E-state index in [1.165, 1.54) is 0 Å². The molecule has 5 aromatic rings. The highest BCUT2D eigenvalue weighted by atomic mass is 16.7. The Bertz CT molecular complexity index is 2550. The highest BCUT2D eigenvalue weighted by molar-refractivity contribution is 5.18. The zero-order valence-corrected chi connectivity index (χ0v) is 39.3. The highest BCUT2D eigenvalue weighted by Gasteiger charge is 2.54. The van der Waals surface area contributed by atoms with Gasteiger partial charge in [-0.05, 0) is 50.8 Å². The van der Waals surface area contributed by atoms with Crippen LogP contribution in [0.15, 0.2) is 167 Å². The summed E-state index contributed by atoms with van der Waals surface area (Å²) in [4.78, 5) is 9.25. The van der Waals surface area contributed by atoms with Gasteiger partial charge in [-0.3, -0.25) is 0 Å². The largest absolute Gasteiger partial charge is 0.394 e. The molecule has 3 aliphatic rings. The third-order valence-corrected chi connectivity index (χ3v) is 12.7. The Morgan fingerprint density at radius 1 is 0.472 bits per heavy atom. The van der Waals surface area contributed by atoms with E-state index in [9.17, 15) is 26.8 Å². The van der Waals surface area contributed by atoms with Crippen molar-refractivity contribution < 1.29 is 52.8 Å². The number of azide groups is 3. The number of aliphatic hydroxyl groups excluding tert-OH is 2. The third-order valence-electron chi connectivity index (χ3n) is 12.7. The van der Waals surface area contributed by atoms with E-state index >= 15 is 0 Å². The lowest BCUT2D eigenvalue weighted by atomic mass is 9.84. The van der Waals surface area contributed by atoms with Gasteiger partial charge in [-0.25, -0.2) is 0 Å². The summed E-state index contributed by atoms with van der Waals surface area (Å²) >= 11 is 0. The molecule has 14 atom stereocenters. The summed E-state index contributed by atoms with van der Waals surface area (Å²) in [6, 6.07) is 43.9. The molecule has 5 aromatic carbocycles. The first kappa shape index (κ1) is 51.9. The van der Waals surface area contributed by atoms with Crippen molar-refractivity contribution in [2.24, 2.45) is 15.3 Å². The van der Waals surface area contributed by atoms with E-state index in [4.69, 9.17) is 42.6 Å². The van der Waals surface area contributed by atoms with Gasteiger partial charge >= 0.3 is 0 Å². The molecule has 20 nitrogen and oxygen atoms in total. The van der Waals surface area contributed by atoms with E-state index in [-0.39, 0.29) is 46.1 Å². The molecule has 2 N–H and O–H groups in total. The van der Waals surface area contributed by atoms with Crippen LogP contribution in [-0.2, 0) is 75.7 Å². The molecular formula is C52H57N9O11. The van der Waals surface area contributed by atoms with Crippen molar-refractivity contribution in [2.45, 2.75) is 125 Å². The van der Waals surface area contributed by atoms with Gasteiger partial charge in [-0.15, -0.1) is 0 Å². The molecule has 8 rings (SSSR count). The lowest BCUT2D eigenvalue weighted by Gasteiger charge is -2.49. The van der Waals surface area contributed by atoms with E-state index in [0.717, 1.165) is 27.8 Å². The van der Waals surface area contributed by atoms with Crippen LogP contribution in [0.2, 0.25) is 0 Å². The first-order valence-corrected chi connectivity index (χ1v) is 23.7. The van der Waals surface area contributed by atoms with Crippen molar-refractivity contribution >= 4 is 0 Å². The fourth-order valence-electron chi connectivity index (χ4n) is 9.12. The summed E-state index contributed by atoms with van der Waals surface area (Å²) in [7, 11) is 0. The molecule has 1 aliphatic carbocycles. The molecule has 72 heavy (non-hydrogen) atoms. The number of rotatable bonds is 23. The summed E-state index contributed by atoms with van der Waals surface area (Å²) < 4.78 is 58.9. The van der Waals surface area contributed by atoms with Crippen molar-refractivity contribution in [2.75, 3.05) is 13.2 Å². The molecule has 0 bridgehead atoms. The molecule has 0 unspecified atom stereocenters. The third kappa shape index (κ3) is 13.8. The summed E-state index contributed by atoms with van der Waals surface area (Å²) in [6.07, 6.45) is -13.2. The first-order chi connectivity index (χ1) is 35.5. The molecule has 0 spiro atoms. The smallest absolute Gasteiger partial charge is 0.186 e. The van der Waals surface area contributed by atoms with Gasteiger partial charge in [0.05, 0.1) is 70.5 Å². The fourth-order valence-corrected chi connectivity index (χ4v) is 9.12. The van der Waals surface area contributed by atoms with Crippen LogP contribution in [0.4, 0.5) is 0 Å². The van der Waals surface area contributed by atoms with E-state index < -0.39 is 92.2 Å². The summed E-state index contributed by atoms with van der Waals surface area (Å²) in [6.45, 7) is 0.0932. The van der Waals surface area contributed by atoms with Crippen LogP contribution in [0.1, 0.15) is 34.2 Å². The molecule has 2 heterocycles. The quantitative estimate of drug-likeness (QED) is 0.0355. The van der Waals surface area contributed by atoms with E-state index in [2.05, 4.69) is 30.1 Å². The number of nitrogens with zero attached hydrogens (tertiary/aromatic N) is 9. The normalized spacial score (nSPS) is 29.2. The zero-order chi connectivity index (χ0) is 49.9. The molecule has 1 saturated carbocycles. The molecule has 0 radical (unpaired) electrons. The van der Waals surface area contributed by atoms with Gasteiger partial charge in [0.25, 0.3) is 0 Å². The minimum absolute atomic E-state index is 0.0252. The number of hydrogen-bond acceptors (Lipinski definition) is 14. The lowest BCUT2D eigenvalue weighted by molar-refractivity contribution is -0.332. The first-order valence-electron chi connectivity index (χ1n) is 23.7. The maximum Gasteiger partial charge on any atom is 0.186 e. The minimum Gasteiger partial charge on any atom is -0.394 e. The van der Waals surface area contributed by atoms with Gasteiger partial charge in [0.1, 0.15) is 48.8 Å². The van der Waals surface area contributed by atoms with Crippen molar-refractivity contribution in [3.05, 3.63) is 211 Å². The average molecular weight is 984 g/mol. The molecule has 376 valence electrons. The standard InChI is InChI=1S/C52H57N9O11/c53-59-56-39-26-40(57-60-54)46(44(63)45(39)71-51-43(58-61-55)49(67-31-37-22-12-4-13-23-37)47(41(27-62)70-51)65-29-35-18-8-2-9-19-35)72-52-50(68-32-38-24-14-5-15-25-38)48(66-30-36-20-10-3-11-21-36)42(33-69-52)64-28-34-16-6-1-7-17-34/h1-25,39-52,62-63H,26-33H2/t39-,40+,41+,42+,43+,44-,45+,46-,47+,48-,49+,50+,51+,52+/m0/s1. The van der Waals surface area contributed by atoms with E-state index in [1.807, 2.05) is 152 Å². The molecule has 3 fully saturated rings. The van der Waals surface area contributed by atoms with Crippen molar-refractivity contribution in [1.82, 2.24) is 0 Å². The Kier molecular flexibility index (Phi) is 19.4. The van der Waals surface area contributed by atoms with Gasteiger partial charge in [-0.1, -0.05) is 167 Å². The molecule has 0 amide bonds. The second kappa shape index (κ2) is 26.9. The number of ether oxygens (including phenoxy) is 9. The molecule has 2 aliphatic heterocycles. The number of hydrogen-bond donors (Lipinski definition) is 2. The second-order valence-electron chi connectivity index (χ2n) is 17.5. The Balaban J connectivity index is 1.09. The van der Waals surface area contributed by atoms with Crippen LogP contribution in [0, 0.1) is 0 Å². The predicted molar refractivity (Wildman–Crippen MR) is 260 cm³/mol. The predicted octanol–water partition coefficient (Wildman–Crippen LogP) is 8.56. The van der Waals surface area contributed by atoms with Gasteiger partial charge in [-0.2, -0.15) is 0 Å². The van der Waals surface area contributed by atoms with Crippen LogP contribution in [0.3, 0.4) is 0 Å². The highest BCUT2D eigenvalue weighted by Crippen LogP contribution is 2.38. The van der Waals surface area contributed by atoms with E-state index in [1.54, 1.807) is 0 Å². The maximum absolute atomic E-state index is 12.5. The Morgan fingerprint density at radius 3 is 1.29 bits per heavy atom. The summed E-state index contributed by atoms with van der Waals surface area (Å²) in [5.41, 5.74) is 34.0. The van der Waals surface area contributed by atoms with Crippen molar-refractivity contribution in [3.63, 3.8) is 0 Å². The monoisotopic (exact) mass is 983 g/mol. The molecule has 2 saturated heterocycles. The number of benzene rings is 5. The Hall–Kier alpha value is -6.41. The number of aliphatic hydroxyl groups is 2. The van der Waals surface area contributed by atoms with Gasteiger partial charge < -0.3 is 52.8 Å². The Morgan fingerprint density at radius 2 is 0.861 bits per heavy atom.